The zero-order valence-electron chi connectivity index (χ0n) is 17.2. The highest BCUT2D eigenvalue weighted by Crippen LogP contribution is 2.30. The summed E-state index contributed by atoms with van der Waals surface area (Å²) in [4.78, 5) is 14.8. The van der Waals surface area contributed by atoms with E-state index in [9.17, 15) is 21.6 Å². The van der Waals surface area contributed by atoms with Crippen LogP contribution in [0.2, 0.25) is 0 Å². The molecule has 3 aromatic rings. The van der Waals surface area contributed by atoms with E-state index in [2.05, 4.69) is 19.7 Å². The molecule has 9 nitrogen and oxygen atoms in total. The summed E-state index contributed by atoms with van der Waals surface area (Å²) in [6.45, 7) is 2.98. The van der Waals surface area contributed by atoms with Gasteiger partial charge in [0.05, 0.1) is 30.7 Å². The Kier molecular flexibility index (Phi) is 5.81. The van der Waals surface area contributed by atoms with Gasteiger partial charge in [0.1, 0.15) is 17.2 Å². The van der Waals surface area contributed by atoms with Crippen LogP contribution < -0.4 is 9.62 Å². The molecule has 0 aromatic carbocycles. The molecular weight excluding hydrogens is 449 g/mol. The maximum atomic E-state index is 13.1. The van der Waals surface area contributed by atoms with Crippen LogP contribution in [0.4, 0.5) is 19.0 Å². The van der Waals surface area contributed by atoms with Gasteiger partial charge in [0.25, 0.3) is 0 Å². The Morgan fingerprint density at radius 3 is 2.75 bits per heavy atom. The van der Waals surface area contributed by atoms with Crippen LogP contribution in [0, 0.1) is 0 Å². The number of fused-ring (bicyclic) bond motifs is 1. The third-order valence-corrected chi connectivity index (χ3v) is 5.88. The molecule has 0 radical (unpaired) electrons. The second-order valence-electron chi connectivity index (χ2n) is 7.56. The number of aromatic nitrogens is 4. The molecule has 0 bridgehead atoms. The Morgan fingerprint density at radius 2 is 2.03 bits per heavy atom. The zero-order valence-corrected chi connectivity index (χ0v) is 18.1. The minimum Gasteiger partial charge on any atom is -0.373 e. The van der Waals surface area contributed by atoms with E-state index in [1.807, 2.05) is 4.90 Å². The Labute approximate surface area is 182 Å². The lowest BCUT2D eigenvalue weighted by Crippen LogP contribution is -2.52. The van der Waals surface area contributed by atoms with Gasteiger partial charge in [-0.15, -0.1) is 0 Å². The van der Waals surface area contributed by atoms with E-state index >= 15 is 0 Å². The van der Waals surface area contributed by atoms with Crippen LogP contribution in [-0.4, -0.2) is 65.9 Å². The van der Waals surface area contributed by atoms with Crippen molar-refractivity contribution in [3.8, 4) is 11.5 Å². The fraction of sp³-hybridized carbons (Fsp3) is 0.421. The van der Waals surface area contributed by atoms with Crippen molar-refractivity contribution in [1.82, 2.24) is 24.1 Å². The quantitative estimate of drug-likeness (QED) is 0.608. The molecule has 1 unspecified atom stereocenters. The Bertz CT molecular complexity index is 1230. The minimum atomic E-state index is -4.49. The number of sulfonamides is 1. The molecule has 1 aliphatic heterocycles. The average Bonchev–Trinajstić information content (AvgIpc) is 3.15. The van der Waals surface area contributed by atoms with Gasteiger partial charge >= 0.3 is 6.18 Å². The van der Waals surface area contributed by atoms with E-state index in [4.69, 9.17) is 4.74 Å². The molecule has 1 N–H and O–H groups in total. The highest BCUT2D eigenvalue weighted by atomic mass is 32.2. The van der Waals surface area contributed by atoms with Gasteiger partial charge in [-0.05, 0) is 25.1 Å². The molecule has 1 saturated heterocycles. The lowest BCUT2D eigenvalue weighted by atomic mass is 10.1. The number of ether oxygens (including phenoxy) is 1. The van der Waals surface area contributed by atoms with Crippen LogP contribution in [-0.2, 0) is 20.9 Å². The maximum absolute atomic E-state index is 13.1. The molecule has 172 valence electrons. The number of anilines is 1. The molecule has 0 amide bonds. The van der Waals surface area contributed by atoms with Crippen molar-refractivity contribution in [3.63, 3.8) is 0 Å². The molecule has 0 aliphatic carbocycles. The molecule has 1 fully saturated rings. The van der Waals surface area contributed by atoms with Crippen molar-refractivity contribution in [2.75, 3.05) is 30.9 Å². The van der Waals surface area contributed by atoms with Crippen molar-refractivity contribution in [1.29, 1.82) is 0 Å². The van der Waals surface area contributed by atoms with E-state index < -0.39 is 33.9 Å². The number of nitrogens with zero attached hydrogens (tertiary/aromatic N) is 5. The standard InChI is InChI=1S/C19H21F3N6O3S/c1-12(26-32(2,29)30)15-11-27(7-8-31-15)17-5-6-23-18(25-17)14-9-24-16-4-3-13(10-28(14)16)19(20,21)22/h3-6,9-10,12,15,26H,7-8,11H2,1-2H3/t12-,15?/m0/s1. The van der Waals surface area contributed by atoms with Gasteiger partial charge in [0.15, 0.2) is 5.82 Å². The monoisotopic (exact) mass is 470 g/mol. The number of nitrogens with one attached hydrogen (secondary N) is 1. The second kappa shape index (κ2) is 8.30. The van der Waals surface area contributed by atoms with Crippen molar-refractivity contribution >= 4 is 21.5 Å². The molecule has 1 aliphatic rings. The number of rotatable bonds is 5. The first kappa shape index (κ1) is 22.4. The average molecular weight is 470 g/mol. The summed E-state index contributed by atoms with van der Waals surface area (Å²) < 4.78 is 72.0. The summed E-state index contributed by atoms with van der Waals surface area (Å²) in [6.07, 6.45) is 0.111. The normalized spacial score (nSPS) is 18.8. The van der Waals surface area contributed by atoms with Gasteiger partial charge in [-0.2, -0.15) is 13.2 Å². The molecule has 4 heterocycles. The van der Waals surface area contributed by atoms with Gasteiger partial charge in [-0.25, -0.2) is 28.1 Å². The fourth-order valence-electron chi connectivity index (χ4n) is 3.56. The molecule has 0 saturated carbocycles. The van der Waals surface area contributed by atoms with Crippen LogP contribution in [0.3, 0.4) is 0 Å². The van der Waals surface area contributed by atoms with Crippen molar-refractivity contribution in [2.45, 2.75) is 25.2 Å². The van der Waals surface area contributed by atoms with E-state index in [-0.39, 0.29) is 5.82 Å². The number of morpholine rings is 1. The smallest absolute Gasteiger partial charge is 0.373 e. The predicted molar refractivity (Wildman–Crippen MR) is 111 cm³/mol. The van der Waals surface area contributed by atoms with Crippen LogP contribution in [0.15, 0.2) is 36.8 Å². The first-order valence-electron chi connectivity index (χ1n) is 9.73. The number of halogens is 3. The largest absolute Gasteiger partial charge is 0.417 e. The summed E-state index contributed by atoms with van der Waals surface area (Å²) in [5, 5.41) is 0. The SMILES string of the molecule is C[C@H](NS(C)(=O)=O)C1CN(c2ccnc(-c3cnc4ccc(C(F)(F)F)cn34)n2)CCO1. The highest BCUT2D eigenvalue weighted by molar-refractivity contribution is 7.88. The Hall–Kier alpha value is -2.77. The van der Waals surface area contributed by atoms with Gasteiger partial charge in [0.2, 0.25) is 10.0 Å². The van der Waals surface area contributed by atoms with Gasteiger partial charge in [-0.3, -0.25) is 4.40 Å². The van der Waals surface area contributed by atoms with Gasteiger partial charge in [0, 0.05) is 31.5 Å². The first-order chi connectivity index (χ1) is 15.0. The van der Waals surface area contributed by atoms with Gasteiger partial charge < -0.3 is 9.64 Å². The lowest BCUT2D eigenvalue weighted by molar-refractivity contribution is -0.137. The topological polar surface area (TPSA) is 102 Å². The first-order valence-corrected chi connectivity index (χ1v) is 11.6. The molecule has 2 atom stereocenters. The second-order valence-corrected chi connectivity index (χ2v) is 9.34. The van der Waals surface area contributed by atoms with Crippen LogP contribution in [0.5, 0.6) is 0 Å². The zero-order chi connectivity index (χ0) is 23.1. The maximum Gasteiger partial charge on any atom is 0.417 e. The summed E-state index contributed by atoms with van der Waals surface area (Å²) in [6, 6.07) is 3.50. The predicted octanol–water partition coefficient (Wildman–Crippen LogP) is 1.95. The molecule has 3 aromatic heterocycles. The summed E-state index contributed by atoms with van der Waals surface area (Å²) in [5.41, 5.74) is -0.136. The molecular formula is C19H21F3N6O3S. The van der Waals surface area contributed by atoms with Crippen molar-refractivity contribution < 1.29 is 26.3 Å². The van der Waals surface area contributed by atoms with Gasteiger partial charge in [-0.1, -0.05) is 0 Å². The van der Waals surface area contributed by atoms with E-state index in [1.165, 1.54) is 22.9 Å². The number of hydrogen-bond acceptors (Lipinski definition) is 7. The van der Waals surface area contributed by atoms with Crippen LogP contribution in [0.1, 0.15) is 12.5 Å². The number of hydrogen-bond donors (Lipinski definition) is 1. The molecule has 13 heteroatoms. The highest BCUT2D eigenvalue weighted by Gasteiger charge is 2.31. The molecule has 4 rings (SSSR count). The van der Waals surface area contributed by atoms with Crippen LogP contribution >= 0.6 is 0 Å². The summed E-state index contributed by atoms with van der Waals surface area (Å²) in [5.74, 6) is 0.774. The Morgan fingerprint density at radius 1 is 1.25 bits per heavy atom. The van der Waals surface area contributed by atoms with E-state index in [0.29, 0.717) is 36.9 Å². The van der Waals surface area contributed by atoms with E-state index in [1.54, 1.807) is 13.0 Å². The Balaban J connectivity index is 1.62. The lowest BCUT2D eigenvalue weighted by Gasteiger charge is -2.36. The fourth-order valence-corrected chi connectivity index (χ4v) is 4.39. The summed E-state index contributed by atoms with van der Waals surface area (Å²) >= 11 is 0. The van der Waals surface area contributed by atoms with Crippen molar-refractivity contribution in [3.05, 3.63) is 42.4 Å². The summed E-state index contributed by atoms with van der Waals surface area (Å²) in [7, 11) is -3.39. The number of alkyl halides is 3. The molecule has 0 spiro atoms. The number of pyridine rings is 1. The third kappa shape index (κ3) is 4.84. The van der Waals surface area contributed by atoms with E-state index in [0.717, 1.165) is 18.5 Å². The number of imidazole rings is 1. The minimum absolute atomic E-state index is 0.222. The molecule has 32 heavy (non-hydrogen) atoms. The third-order valence-electron chi connectivity index (χ3n) is 5.08. The van der Waals surface area contributed by atoms with Crippen LogP contribution in [0.25, 0.3) is 17.2 Å². The van der Waals surface area contributed by atoms with Crippen molar-refractivity contribution in [2.24, 2.45) is 0 Å².